The Hall–Kier alpha value is -2.27. The fraction of sp³-hybridized carbons (Fsp3) is 0.500. The first-order chi connectivity index (χ1) is 13.0. The lowest BCUT2D eigenvalue weighted by Gasteiger charge is -2.29. The van der Waals surface area contributed by atoms with Crippen molar-refractivity contribution in [1.29, 1.82) is 0 Å². The fourth-order valence-electron chi connectivity index (χ4n) is 2.93. The van der Waals surface area contributed by atoms with Crippen molar-refractivity contribution in [1.82, 2.24) is 4.90 Å². The summed E-state index contributed by atoms with van der Waals surface area (Å²) in [5, 5.41) is 0. The average Bonchev–Trinajstić information content (AvgIpc) is 2.65. The second-order valence-corrected chi connectivity index (χ2v) is 7.31. The van der Waals surface area contributed by atoms with Gasteiger partial charge in [-0.15, -0.1) is 6.58 Å². The van der Waals surface area contributed by atoms with Crippen molar-refractivity contribution in [2.24, 2.45) is 5.92 Å². The minimum Gasteiger partial charge on any atom is -0.490 e. The molecule has 0 unspecified atom stereocenters. The SMILES string of the molecule is C=CCN(C)CC=CCOc1ccc2c(c1)CCCN2C(=O)OCC(C)C. The zero-order valence-corrected chi connectivity index (χ0v) is 16.8. The molecule has 0 spiro atoms. The Balaban J connectivity index is 1.91. The highest BCUT2D eigenvalue weighted by molar-refractivity contribution is 5.89. The molecule has 1 aromatic rings. The second-order valence-electron chi connectivity index (χ2n) is 7.31. The molecule has 0 N–H and O–H groups in total. The lowest BCUT2D eigenvalue weighted by molar-refractivity contribution is 0.139. The molecule has 5 nitrogen and oxygen atoms in total. The van der Waals surface area contributed by atoms with Crippen LogP contribution in [0.3, 0.4) is 0 Å². The van der Waals surface area contributed by atoms with E-state index in [0.29, 0.717) is 25.7 Å². The Labute approximate surface area is 163 Å². The van der Waals surface area contributed by atoms with Gasteiger partial charge in [-0.25, -0.2) is 4.79 Å². The van der Waals surface area contributed by atoms with Crippen molar-refractivity contribution in [3.63, 3.8) is 0 Å². The summed E-state index contributed by atoms with van der Waals surface area (Å²) in [6, 6.07) is 5.92. The van der Waals surface area contributed by atoms with Crippen molar-refractivity contribution in [2.45, 2.75) is 26.7 Å². The highest BCUT2D eigenvalue weighted by Crippen LogP contribution is 2.31. The predicted octanol–water partition coefficient (Wildman–Crippen LogP) is 4.28. The number of carbonyl (C=O) groups excluding carboxylic acids is 1. The number of rotatable bonds is 9. The van der Waals surface area contributed by atoms with Gasteiger partial charge < -0.3 is 9.47 Å². The second kappa shape index (κ2) is 10.8. The van der Waals surface area contributed by atoms with Crippen LogP contribution in [0.4, 0.5) is 10.5 Å². The number of anilines is 1. The molecule has 0 saturated heterocycles. The fourth-order valence-corrected chi connectivity index (χ4v) is 2.93. The van der Waals surface area contributed by atoms with Gasteiger partial charge in [0.25, 0.3) is 0 Å². The highest BCUT2D eigenvalue weighted by Gasteiger charge is 2.24. The van der Waals surface area contributed by atoms with Crippen LogP contribution in [0.25, 0.3) is 0 Å². The summed E-state index contributed by atoms with van der Waals surface area (Å²) in [5.74, 6) is 1.16. The third-order valence-corrected chi connectivity index (χ3v) is 4.30. The van der Waals surface area contributed by atoms with E-state index in [4.69, 9.17) is 9.47 Å². The molecular weight excluding hydrogens is 340 g/mol. The summed E-state index contributed by atoms with van der Waals surface area (Å²) in [6.45, 7) is 11.2. The van der Waals surface area contributed by atoms with E-state index in [0.717, 1.165) is 42.9 Å². The van der Waals surface area contributed by atoms with Crippen LogP contribution in [0.1, 0.15) is 25.8 Å². The van der Waals surface area contributed by atoms with Gasteiger partial charge in [0, 0.05) is 19.6 Å². The minimum absolute atomic E-state index is 0.259. The number of hydrogen-bond donors (Lipinski definition) is 0. The molecule has 27 heavy (non-hydrogen) atoms. The van der Waals surface area contributed by atoms with Gasteiger partial charge in [0.2, 0.25) is 0 Å². The van der Waals surface area contributed by atoms with Gasteiger partial charge in [-0.1, -0.05) is 32.1 Å². The van der Waals surface area contributed by atoms with Gasteiger partial charge in [0.15, 0.2) is 0 Å². The van der Waals surface area contributed by atoms with Crippen molar-refractivity contribution >= 4 is 11.8 Å². The van der Waals surface area contributed by atoms with Crippen LogP contribution in [-0.4, -0.2) is 50.9 Å². The summed E-state index contributed by atoms with van der Waals surface area (Å²) in [6.07, 6.45) is 7.62. The maximum absolute atomic E-state index is 12.3. The van der Waals surface area contributed by atoms with Gasteiger partial charge in [-0.3, -0.25) is 9.80 Å². The number of carbonyl (C=O) groups is 1. The normalized spacial score (nSPS) is 13.9. The average molecular weight is 373 g/mol. The number of likely N-dealkylation sites (N-methyl/N-ethyl adjacent to an activating group) is 1. The molecule has 1 heterocycles. The quantitative estimate of drug-likeness (QED) is 0.607. The zero-order chi connectivity index (χ0) is 19.6. The molecule has 0 aliphatic carbocycles. The molecule has 0 saturated carbocycles. The van der Waals surface area contributed by atoms with Crippen LogP contribution < -0.4 is 9.64 Å². The maximum atomic E-state index is 12.3. The monoisotopic (exact) mass is 372 g/mol. The van der Waals surface area contributed by atoms with Gasteiger partial charge in [-0.2, -0.15) is 0 Å². The molecule has 1 aromatic carbocycles. The van der Waals surface area contributed by atoms with E-state index in [9.17, 15) is 4.79 Å². The molecule has 0 radical (unpaired) electrons. The first-order valence-electron chi connectivity index (χ1n) is 9.65. The predicted molar refractivity (Wildman–Crippen MR) is 111 cm³/mol. The molecule has 1 amide bonds. The number of fused-ring (bicyclic) bond motifs is 1. The summed E-state index contributed by atoms with van der Waals surface area (Å²) < 4.78 is 11.2. The molecule has 148 valence electrons. The standard InChI is InChI=1S/C22H32N2O3/c1-5-12-23(4)13-6-7-15-26-20-10-11-21-19(16-20)9-8-14-24(21)22(25)27-17-18(2)3/h5-7,10-11,16,18H,1,8-9,12-15,17H2,2-4H3. The number of hydrogen-bond acceptors (Lipinski definition) is 4. The largest absolute Gasteiger partial charge is 0.490 e. The first kappa shape index (κ1) is 21.0. The summed E-state index contributed by atoms with van der Waals surface area (Å²) in [5.41, 5.74) is 2.07. The molecule has 0 aromatic heterocycles. The molecule has 1 aliphatic rings. The molecule has 0 atom stereocenters. The van der Waals surface area contributed by atoms with E-state index in [1.807, 2.05) is 51.2 Å². The smallest absolute Gasteiger partial charge is 0.414 e. The third-order valence-electron chi connectivity index (χ3n) is 4.30. The van der Waals surface area contributed by atoms with E-state index in [1.54, 1.807) is 4.90 Å². The Kier molecular flexibility index (Phi) is 8.40. The summed E-state index contributed by atoms with van der Waals surface area (Å²) in [7, 11) is 2.05. The van der Waals surface area contributed by atoms with Gasteiger partial charge in [-0.05, 0) is 49.6 Å². The van der Waals surface area contributed by atoms with Crippen LogP contribution >= 0.6 is 0 Å². The number of nitrogens with zero attached hydrogens (tertiary/aromatic N) is 2. The molecule has 1 aliphatic heterocycles. The first-order valence-corrected chi connectivity index (χ1v) is 9.65. The number of benzene rings is 1. The van der Waals surface area contributed by atoms with Gasteiger partial charge in [0.1, 0.15) is 12.4 Å². The molecule has 2 rings (SSSR count). The Morgan fingerprint density at radius 1 is 1.33 bits per heavy atom. The topological polar surface area (TPSA) is 42.0 Å². The van der Waals surface area contributed by atoms with Crippen molar-refractivity contribution in [2.75, 3.05) is 44.8 Å². The van der Waals surface area contributed by atoms with Crippen LogP contribution in [0.15, 0.2) is 43.0 Å². The van der Waals surface area contributed by atoms with Crippen molar-refractivity contribution in [3.8, 4) is 5.75 Å². The molecule has 5 heteroatoms. The van der Waals surface area contributed by atoms with Crippen LogP contribution in [0, 0.1) is 5.92 Å². The Morgan fingerprint density at radius 2 is 2.15 bits per heavy atom. The van der Waals surface area contributed by atoms with Crippen LogP contribution in [0.2, 0.25) is 0 Å². The van der Waals surface area contributed by atoms with Crippen LogP contribution in [-0.2, 0) is 11.2 Å². The lowest BCUT2D eigenvalue weighted by Crippen LogP contribution is -2.36. The van der Waals surface area contributed by atoms with Crippen molar-refractivity contribution in [3.05, 3.63) is 48.6 Å². The molecular formula is C22H32N2O3. The van der Waals surface area contributed by atoms with E-state index >= 15 is 0 Å². The Morgan fingerprint density at radius 3 is 2.89 bits per heavy atom. The number of ether oxygens (including phenoxy) is 2. The van der Waals surface area contributed by atoms with E-state index in [-0.39, 0.29) is 6.09 Å². The summed E-state index contributed by atoms with van der Waals surface area (Å²) >= 11 is 0. The number of amides is 1. The maximum Gasteiger partial charge on any atom is 0.414 e. The minimum atomic E-state index is -0.259. The van der Waals surface area contributed by atoms with E-state index in [1.165, 1.54) is 0 Å². The van der Waals surface area contributed by atoms with Gasteiger partial charge >= 0.3 is 6.09 Å². The molecule has 0 bridgehead atoms. The lowest BCUT2D eigenvalue weighted by atomic mass is 10.0. The van der Waals surface area contributed by atoms with Gasteiger partial charge in [0.05, 0.1) is 12.3 Å². The Bertz CT molecular complexity index is 655. The van der Waals surface area contributed by atoms with E-state index < -0.39 is 0 Å². The van der Waals surface area contributed by atoms with Crippen LogP contribution in [0.5, 0.6) is 5.75 Å². The molecule has 0 fully saturated rings. The third kappa shape index (κ3) is 6.75. The number of aryl methyl sites for hydroxylation is 1. The highest BCUT2D eigenvalue weighted by atomic mass is 16.6. The summed E-state index contributed by atoms with van der Waals surface area (Å²) in [4.78, 5) is 16.2. The van der Waals surface area contributed by atoms with E-state index in [2.05, 4.69) is 17.6 Å². The van der Waals surface area contributed by atoms with Crippen molar-refractivity contribution < 1.29 is 14.3 Å². The zero-order valence-electron chi connectivity index (χ0n) is 16.8.